The van der Waals surface area contributed by atoms with Crippen molar-refractivity contribution in [3.8, 4) is 0 Å². The maximum Gasteiger partial charge on any atom is 0.187 e. The lowest BCUT2D eigenvalue weighted by atomic mass is 10.0. The van der Waals surface area contributed by atoms with E-state index in [-0.39, 0.29) is 0 Å². The topological polar surface area (TPSA) is 4.36 Å². The predicted molar refractivity (Wildman–Crippen MR) is 97.5 cm³/mol. The van der Waals surface area contributed by atoms with Gasteiger partial charge in [0.15, 0.2) is 5.69 Å². The van der Waals surface area contributed by atoms with Crippen molar-refractivity contribution >= 4 is 5.69 Å². The third-order valence-corrected chi connectivity index (χ3v) is 4.38. The fourth-order valence-electron chi connectivity index (χ4n) is 2.91. The summed E-state index contributed by atoms with van der Waals surface area (Å²) >= 11 is 0. The summed E-state index contributed by atoms with van der Waals surface area (Å²) in [6.45, 7) is 9.22. The lowest BCUT2D eigenvalue weighted by molar-refractivity contribution is 0.544. The van der Waals surface area contributed by atoms with Crippen LogP contribution in [-0.2, 0) is 6.42 Å². The summed E-state index contributed by atoms with van der Waals surface area (Å²) in [5.41, 5.74) is 2.12. The Morgan fingerprint density at radius 2 is 1.14 bits per heavy atom. The average molecular weight is 300 g/mol. The molecule has 0 aliphatic rings. The largest absolute Gasteiger partial charge is 0.238 e. The van der Waals surface area contributed by atoms with E-state index < -0.39 is 0 Å². The van der Waals surface area contributed by atoms with Crippen LogP contribution in [0.15, 0.2) is 24.3 Å². The Bertz CT molecular complexity index is 399. The first-order chi connectivity index (χ1) is 10.9. The highest BCUT2D eigenvalue weighted by molar-refractivity contribution is 5.45. The number of aryl methyl sites for hydroxylation is 1. The van der Waals surface area contributed by atoms with Gasteiger partial charge in [0.2, 0.25) is 0 Å². The highest BCUT2D eigenvalue weighted by Gasteiger charge is 1.96. The van der Waals surface area contributed by atoms with Crippen molar-refractivity contribution in [2.75, 3.05) is 0 Å². The molecule has 0 aromatic heterocycles. The Morgan fingerprint density at radius 1 is 0.682 bits per heavy atom. The van der Waals surface area contributed by atoms with Crippen LogP contribution in [0.4, 0.5) is 5.69 Å². The van der Waals surface area contributed by atoms with Crippen molar-refractivity contribution in [3.05, 3.63) is 41.2 Å². The van der Waals surface area contributed by atoms with Crippen LogP contribution in [0.5, 0.6) is 0 Å². The van der Waals surface area contributed by atoms with E-state index in [9.17, 15) is 0 Å². The van der Waals surface area contributed by atoms with E-state index in [1.165, 1.54) is 82.6 Å². The van der Waals surface area contributed by atoms with Gasteiger partial charge in [-0.3, -0.25) is 0 Å². The van der Waals surface area contributed by atoms with Crippen molar-refractivity contribution in [1.82, 2.24) is 0 Å². The summed E-state index contributed by atoms with van der Waals surface area (Å²) in [4.78, 5) is 3.43. The molecule has 1 aromatic carbocycles. The van der Waals surface area contributed by atoms with E-state index in [4.69, 9.17) is 6.57 Å². The Kier molecular flexibility index (Phi) is 11.4. The zero-order chi connectivity index (χ0) is 15.9. The quantitative estimate of drug-likeness (QED) is 0.262. The summed E-state index contributed by atoms with van der Waals surface area (Å²) in [7, 11) is 0. The number of rotatable bonds is 13. The third-order valence-electron chi connectivity index (χ3n) is 4.38. The molecule has 0 aliphatic carbocycles. The molecule has 0 aliphatic heterocycles. The second-order valence-corrected chi connectivity index (χ2v) is 6.42. The van der Waals surface area contributed by atoms with Crippen LogP contribution in [0.1, 0.15) is 89.5 Å². The molecule has 0 saturated heterocycles. The lowest BCUT2D eigenvalue weighted by Gasteiger charge is -2.03. The van der Waals surface area contributed by atoms with Crippen LogP contribution < -0.4 is 0 Å². The molecule has 1 heteroatoms. The molecule has 0 fully saturated rings. The van der Waals surface area contributed by atoms with E-state index in [0.717, 1.165) is 12.1 Å². The Hall–Kier alpha value is -1.29. The molecule has 22 heavy (non-hydrogen) atoms. The first kappa shape index (κ1) is 18.8. The monoisotopic (exact) mass is 299 g/mol. The number of benzene rings is 1. The molecule has 1 aromatic rings. The maximum absolute atomic E-state index is 6.94. The molecule has 1 nitrogen and oxygen atoms in total. The summed E-state index contributed by atoms with van der Waals surface area (Å²) < 4.78 is 0. The fraction of sp³-hybridized carbons (Fsp3) is 0.667. The number of hydrogen-bond acceptors (Lipinski definition) is 0. The van der Waals surface area contributed by atoms with Crippen molar-refractivity contribution in [2.45, 2.75) is 90.4 Å². The normalized spacial score (nSPS) is 10.5. The highest BCUT2D eigenvalue weighted by Crippen LogP contribution is 2.16. The van der Waals surface area contributed by atoms with Crippen LogP contribution in [0.2, 0.25) is 0 Å². The standard InChI is InChI=1S/C21H33N/c1-3-4-5-6-7-8-9-10-11-12-13-14-15-20-16-18-21(22-2)19-17-20/h16-19H,3-15H2,1H3. The summed E-state index contributed by atoms with van der Waals surface area (Å²) in [5, 5.41) is 0. The summed E-state index contributed by atoms with van der Waals surface area (Å²) in [5.74, 6) is 0. The van der Waals surface area contributed by atoms with Crippen molar-refractivity contribution < 1.29 is 0 Å². The molecule has 122 valence electrons. The molecule has 0 N–H and O–H groups in total. The molecule has 1 rings (SSSR count). The second kappa shape index (κ2) is 13.4. The zero-order valence-electron chi connectivity index (χ0n) is 14.4. The summed E-state index contributed by atoms with van der Waals surface area (Å²) in [6, 6.07) is 8.07. The number of hydrogen-bond donors (Lipinski definition) is 0. The molecule has 0 saturated carbocycles. The SMILES string of the molecule is [C-]#[N+]c1ccc(CCCCCCCCCCCCCC)cc1. The van der Waals surface area contributed by atoms with Crippen LogP contribution in [-0.4, -0.2) is 0 Å². The third kappa shape index (κ3) is 9.61. The molecule has 0 atom stereocenters. The van der Waals surface area contributed by atoms with Crippen LogP contribution in [0.3, 0.4) is 0 Å². The minimum atomic E-state index is 0.749. The molecular weight excluding hydrogens is 266 g/mol. The predicted octanol–water partition coefficient (Wildman–Crippen LogP) is 7.48. The minimum Gasteiger partial charge on any atom is -0.238 e. The lowest BCUT2D eigenvalue weighted by Crippen LogP contribution is -1.86. The van der Waals surface area contributed by atoms with Gasteiger partial charge in [-0.1, -0.05) is 107 Å². The first-order valence-corrected chi connectivity index (χ1v) is 9.33. The molecule has 0 spiro atoms. The smallest absolute Gasteiger partial charge is 0.187 e. The molecule has 0 bridgehead atoms. The van der Waals surface area contributed by atoms with Gasteiger partial charge in [-0.05, 0) is 12.8 Å². The van der Waals surface area contributed by atoms with Crippen molar-refractivity contribution in [3.63, 3.8) is 0 Å². The van der Waals surface area contributed by atoms with Gasteiger partial charge in [0.05, 0.1) is 6.57 Å². The molecule has 0 amide bonds. The van der Waals surface area contributed by atoms with Crippen molar-refractivity contribution in [1.29, 1.82) is 0 Å². The van der Waals surface area contributed by atoms with Crippen molar-refractivity contribution in [2.24, 2.45) is 0 Å². The van der Waals surface area contributed by atoms with Gasteiger partial charge in [-0.15, -0.1) is 0 Å². The average Bonchev–Trinajstić information content (AvgIpc) is 2.56. The Labute approximate surface area is 138 Å². The van der Waals surface area contributed by atoms with E-state index >= 15 is 0 Å². The van der Waals surface area contributed by atoms with Crippen LogP contribution in [0.25, 0.3) is 4.85 Å². The van der Waals surface area contributed by atoms with Gasteiger partial charge in [0.1, 0.15) is 0 Å². The molecule has 0 unspecified atom stereocenters. The highest BCUT2D eigenvalue weighted by atomic mass is 14.6. The summed E-state index contributed by atoms with van der Waals surface area (Å²) in [6.07, 6.45) is 18.0. The van der Waals surface area contributed by atoms with E-state index in [2.05, 4.69) is 23.9 Å². The first-order valence-electron chi connectivity index (χ1n) is 9.33. The maximum atomic E-state index is 6.94. The van der Waals surface area contributed by atoms with E-state index in [1.54, 1.807) is 0 Å². The molecule has 0 radical (unpaired) electrons. The molecular formula is C21H33N. The van der Waals surface area contributed by atoms with Gasteiger partial charge >= 0.3 is 0 Å². The van der Waals surface area contributed by atoms with E-state index in [1.807, 2.05) is 12.1 Å². The van der Waals surface area contributed by atoms with Crippen LogP contribution >= 0.6 is 0 Å². The van der Waals surface area contributed by atoms with Gasteiger partial charge in [0.25, 0.3) is 0 Å². The Balaban J connectivity index is 1.86. The van der Waals surface area contributed by atoms with Gasteiger partial charge in [0, 0.05) is 0 Å². The van der Waals surface area contributed by atoms with E-state index in [0.29, 0.717) is 0 Å². The second-order valence-electron chi connectivity index (χ2n) is 6.42. The van der Waals surface area contributed by atoms with Gasteiger partial charge < -0.3 is 0 Å². The van der Waals surface area contributed by atoms with Gasteiger partial charge in [-0.2, -0.15) is 0 Å². The van der Waals surface area contributed by atoms with Gasteiger partial charge in [-0.25, -0.2) is 4.85 Å². The van der Waals surface area contributed by atoms with Crippen LogP contribution in [0, 0.1) is 6.57 Å². The number of unbranched alkanes of at least 4 members (excludes halogenated alkanes) is 11. The molecule has 0 heterocycles. The zero-order valence-corrected chi connectivity index (χ0v) is 14.4. The Morgan fingerprint density at radius 3 is 1.59 bits per heavy atom. The fourth-order valence-corrected chi connectivity index (χ4v) is 2.91. The number of nitrogens with zero attached hydrogens (tertiary/aromatic N) is 1. The minimum absolute atomic E-state index is 0.749.